The number of aromatic nitrogens is 2. The highest BCUT2D eigenvalue weighted by molar-refractivity contribution is 7.91. The summed E-state index contributed by atoms with van der Waals surface area (Å²) in [5.41, 5.74) is 1.90. The van der Waals surface area contributed by atoms with Gasteiger partial charge in [-0.15, -0.1) is 11.3 Å². The normalized spacial score (nSPS) is 18.7. The van der Waals surface area contributed by atoms with Gasteiger partial charge >= 0.3 is 0 Å². The van der Waals surface area contributed by atoms with Crippen LogP contribution in [0.4, 0.5) is 0 Å². The fourth-order valence-corrected chi connectivity index (χ4v) is 5.42. The Morgan fingerprint density at radius 3 is 2.65 bits per heavy atom. The number of amides is 1. The van der Waals surface area contributed by atoms with Crippen LogP contribution >= 0.6 is 11.3 Å². The zero-order chi connectivity index (χ0) is 18.1. The van der Waals surface area contributed by atoms with Gasteiger partial charge in [0.1, 0.15) is 5.69 Å². The topological polar surface area (TPSA) is 81.1 Å². The molecular weight excluding hydrogens is 370 g/mol. The third-order valence-electron chi connectivity index (χ3n) is 4.30. The van der Waals surface area contributed by atoms with Crippen molar-refractivity contribution in [3.8, 4) is 16.3 Å². The fourth-order valence-electron chi connectivity index (χ4n) is 3.02. The van der Waals surface area contributed by atoms with Crippen molar-refractivity contribution in [2.75, 3.05) is 11.5 Å². The molecule has 1 atom stereocenters. The Morgan fingerprint density at radius 2 is 2.00 bits per heavy atom. The number of rotatable bonds is 4. The number of para-hydroxylation sites is 1. The van der Waals surface area contributed by atoms with Crippen LogP contribution in [0.2, 0.25) is 0 Å². The van der Waals surface area contributed by atoms with E-state index in [0.717, 1.165) is 10.6 Å². The number of thiophene rings is 1. The third-order valence-corrected chi connectivity index (χ3v) is 6.95. The van der Waals surface area contributed by atoms with E-state index < -0.39 is 9.84 Å². The molecule has 1 N–H and O–H groups in total. The fraction of sp³-hybridized carbons (Fsp3) is 0.222. The molecule has 0 radical (unpaired) electrons. The van der Waals surface area contributed by atoms with Crippen molar-refractivity contribution < 1.29 is 13.2 Å². The summed E-state index contributed by atoms with van der Waals surface area (Å²) < 4.78 is 24.9. The standard InChI is InChI=1S/C18H17N3O3S2/c22-18(19-13-8-10-26(23,24)12-13)15-11-21(14-5-2-1-3-6-14)20-17(15)16-7-4-9-25-16/h1-7,9,11,13H,8,10,12H2,(H,19,22). The van der Waals surface area contributed by atoms with Crippen LogP contribution in [0.5, 0.6) is 0 Å². The van der Waals surface area contributed by atoms with Gasteiger partial charge in [0.2, 0.25) is 0 Å². The van der Waals surface area contributed by atoms with Crippen molar-refractivity contribution in [3.05, 3.63) is 59.6 Å². The minimum Gasteiger partial charge on any atom is -0.348 e. The summed E-state index contributed by atoms with van der Waals surface area (Å²) in [4.78, 5) is 13.7. The Balaban J connectivity index is 1.68. The van der Waals surface area contributed by atoms with Crippen LogP contribution in [-0.4, -0.2) is 41.7 Å². The lowest BCUT2D eigenvalue weighted by atomic mass is 10.2. The molecule has 26 heavy (non-hydrogen) atoms. The van der Waals surface area contributed by atoms with E-state index in [1.807, 2.05) is 47.8 Å². The second-order valence-electron chi connectivity index (χ2n) is 6.22. The maximum Gasteiger partial charge on any atom is 0.255 e. The maximum atomic E-state index is 12.8. The number of sulfone groups is 1. The third kappa shape index (κ3) is 3.42. The lowest BCUT2D eigenvalue weighted by Gasteiger charge is -2.10. The molecule has 0 bridgehead atoms. The van der Waals surface area contributed by atoms with Crippen molar-refractivity contribution in [3.63, 3.8) is 0 Å². The Bertz CT molecular complexity index is 1030. The van der Waals surface area contributed by atoms with E-state index in [4.69, 9.17) is 0 Å². The first-order chi connectivity index (χ1) is 12.5. The maximum absolute atomic E-state index is 12.8. The van der Waals surface area contributed by atoms with Gasteiger partial charge < -0.3 is 5.32 Å². The molecule has 0 spiro atoms. The van der Waals surface area contributed by atoms with E-state index in [1.54, 1.807) is 10.9 Å². The first kappa shape index (κ1) is 17.0. The van der Waals surface area contributed by atoms with Crippen LogP contribution in [0.1, 0.15) is 16.8 Å². The number of carbonyl (C=O) groups excluding carboxylic acids is 1. The summed E-state index contributed by atoms with van der Waals surface area (Å²) in [5.74, 6) is -0.170. The molecule has 3 heterocycles. The number of carbonyl (C=O) groups is 1. The first-order valence-electron chi connectivity index (χ1n) is 8.22. The van der Waals surface area contributed by atoms with Crippen molar-refractivity contribution in [1.82, 2.24) is 15.1 Å². The monoisotopic (exact) mass is 387 g/mol. The average molecular weight is 387 g/mol. The molecule has 1 aliphatic rings. The van der Waals surface area contributed by atoms with Crippen molar-refractivity contribution in [2.24, 2.45) is 0 Å². The Morgan fingerprint density at radius 1 is 1.19 bits per heavy atom. The Hall–Kier alpha value is -2.45. The quantitative estimate of drug-likeness (QED) is 0.746. The van der Waals surface area contributed by atoms with Crippen LogP contribution in [0.15, 0.2) is 54.0 Å². The number of hydrogen-bond acceptors (Lipinski definition) is 5. The van der Waals surface area contributed by atoms with Gasteiger partial charge in [0.25, 0.3) is 5.91 Å². The van der Waals surface area contributed by atoms with Gasteiger partial charge in [-0.25, -0.2) is 13.1 Å². The molecule has 4 rings (SSSR count). The molecule has 8 heteroatoms. The predicted molar refractivity (Wildman–Crippen MR) is 101 cm³/mol. The van der Waals surface area contributed by atoms with Crippen molar-refractivity contribution in [1.29, 1.82) is 0 Å². The number of nitrogens with zero attached hydrogens (tertiary/aromatic N) is 2. The summed E-state index contributed by atoms with van der Waals surface area (Å²) in [7, 11) is -3.05. The molecule has 2 aromatic heterocycles. The summed E-state index contributed by atoms with van der Waals surface area (Å²) in [5, 5.41) is 9.38. The highest BCUT2D eigenvalue weighted by Crippen LogP contribution is 2.28. The molecule has 1 amide bonds. The molecule has 1 saturated heterocycles. The van der Waals surface area contributed by atoms with Crippen molar-refractivity contribution in [2.45, 2.75) is 12.5 Å². The first-order valence-corrected chi connectivity index (χ1v) is 10.9. The molecule has 1 aliphatic heterocycles. The molecule has 1 fully saturated rings. The molecule has 3 aromatic rings. The van der Waals surface area contributed by atoms with Crippen LogP contribution in [0.3, 0.4) is 0 Å². The summed E-state index contributed by atoms with van der Waals surface area (Å²) >= 11 is 1.51. The lowest BCUT2D eigenvalue weighted by Crippen LogP contribution is -2.35. The van der Waals surface area contributed by atoms with Gasteiger partial charge in [0, 0.05) is 12.2 Å². The van der Waals surface area contributed by atoms with Crippen LogP contribution in [0, 0.1) is 0 Å². The van der Waals surface area contributed by atoms with E-state index in [9.17, 15) is 13.2 Å². The van der Waals surface area contributed by atoms with E-state index in [0.29, 0.717) is 17.7 Å². The van der Waals surface area contributed by atoms with Crippen LogP contribution in [-0.2, 0) is 9.84 Å². The van der Waals surface area contributed by atoms with Gasteiger partial charge in [-0.2, -0.15) is 5.10 Å². The lowest BCUT2D eigenvalue weighted by molar-refractivity contribution is 0.0942. The minimum atomic E-state index is -3.05. The predicted octanol–water partition coefficient (Wildman–Crippen LogP) is 2.52. The van der Waals surface area contributed by atoms with Gasteiger partial charge in [0.15, 0.2) is 9.84 Å². The summed E-state index contributed by atoms with van der Waals surface area (Å²) in [6.07, 6.45) is 2.15. The molecular formula is C18H17N3O3S2. The van der Waals surface area contributed by atoms with Crippen LogP contribution in [0.25, 0.3) is 16.3 Å². The summed E-state index contributed by atoms with van der Waals surface area (Å²) in [6, 6.07) is 13.0. The van der Waals surface area contributed by atoms with E-state index in [1.165, 1.54) is 11.3 Å². The van der Waals surface area contributed by atoms with Crippen molar-refractivity contribution >= 4 is 27.1 Å². The Kier molecular flexibility index (Phi) is 4.37. The molecule has 134 valence electrons. The van der Waals surface area contributed by atoms with E-state index >= 15 is 0 Å². The van der Waals surface area contributed by atoms with Gasteiger partial charge in [-0.05, 0) is 30.0 Å². The highest BCUT2D eigenvalue weighted by atomic mass is 32.2. The molecule has 6 nitrogen and oxygen atoms in total. The molecule has 0 saturated carbocycles. The second kappa shape index (κ2) is 6.69. The largest absolute Gasteiger partial charge is 0.348 e. The van der Waals surface area contributed by atoms with Crippen LogP contribution < -0.4 is 5.32 Å². The van der Waals surface area contributed by atoms with E-state index in [2.05, 4.69) is 10.4 Å². The van der Waals surface area contributed by atoms with Gasteiger partial charge in [0.05, 0.1) is 27.6 Å². The van der Waals surface area contributed by atoms with E-state index in [-0.39, 0.29) is 23.5 Å². The van der Waals surface area contributed by atoms with Gasteiger partial charge in [-0.3, -0.25) is 4.79 Å². The molecule has 1 aromatic carbocycles. The van der Waals surface area contributed by atoms with Gasteiger partial charge in [-0.1, -0.05) is 24.3 Å². The number of nitrogens with one attached hydrogen (secondary N) is 1. The summed E-state index contributed by atoms with van der Waals surface area (Å²) in [6.45, 7) is 0. The zero-order valence-electron chi connectivity index (χ0n) is 13.8. The second-order valence-corrected chi connectivity index (χ2v) is 9.40. The Labute approximate surface area is 155 Å². The smallest absolute Gasteiger partial charge is 0.255 e. The highest BCUT2D eigenvalue weighted by Gasteiger charge is 2.30. The number of benzene rings is 1. The SMILES string of the molecule is O=C(NC1CCS(=O)(=O)C1)c1cn(-c2ccccc2)nc1-c1cccs1. The number of hydrogen-bond donors (Lipinski definition) is 1. The zero-order valence-corrected chi connectivity index (χ0v) is 15.5. The minimum absolute atomic E-state index is 0.000101. The molecule has 1 unspecified atom stereocenters. The molecule has 0 aliphatic carbocycles. The average Bonchev–Trinajstić information content (AvgIpc) is 3.34.